The van der Waals surface area contributed by atoms with E-state index >= 15 is 0 Å². The SMILES string of the molecule is COc1ccccc1N1CCN(CCCCn2c(=O)[nH]c3cscc3c2=O)CC1. The van der Waals surface area contributed by atoms with Crippen molar-refractivity contribution >= 4 is 27.9 Å². The van der Waals surface area contributed by atoms with E-state index in [1.807, 2.05) is 18.2 Å². The number of anilines is 1. The first-order valence-corrected chi connectivity index (χ1v) is 10.9. The number of methoxy groups -OCH3 is 1. The topological polar surface area (TPSA) is 70.6 Å². The lowest BCUT2D eigenvalue weighted by molar-refractivity contribution is 0.250. The molecule has 1 aromatic carbocycles. The molecule has 1 fully saturated rings. The zero-order chi connectivity index (χ0) is 20.2. The lowest BCUT2D eigenvalue weighted by Crippen LogP contribution is -2.46. The summed E-state index contributed by atoms with van der Waals surface area (Å²) >= 11 is 1.43. The van der Waals surface area contributed by atoms with Crippen molar-refractivity contribution in [3.8, 4) is 5.75 Å². The Morgan fingerprint density at radius 3 is 2.59 bits per heavy atom. The molecular weight excluding hydrogens is 388 g/mol. The molecule has 0 unspecified atom stereocenters. The molecule has 1 aliphatic heterocycles. The number of fused-ring (bicyclic) bond motifs is 1. The molecule has 1 aliphatic rings. The predicted octanol–water partition coefficient (Wildman–Crippen LogP) is 2.36. The number of nitrogens with one attached hydrogen (secondary N) is 1. The highest BCUT2D eigenvalue weighted by Gasteiger charge is 2.19. The smallest absolute Gasteiger partial charge is 0.328 e. The fraction of sp³-hybridized carbons (Fsp3) is 0.429. The molecule has 0 saturated carbocycles. The van der Waals surface area contributed by atoms with E-state index in [-0.39, 0.29) is 11.2 Å². The van der Waals surface area contributed by atoms with Crippen LogP contribution in [-0.2, 0) is 6.54 Å². The van der Waals surface area contributed by atoms with E-state index in [9.17, 15) is 9.59 Å². The van der Waals surface area contributed by atoms with Crippen LogP contribution in [0.4, 0.5) is 5.69 Å². The number of hydrogen-bond acceptors (Lipinski definition) is 6. The Labute approximate surface area is 173 Å². The van der Waals surface area contributed by atoms with E-state index in [0.717, 1.165) is 57.0 Å². The summed E-state index contributed by atoms with van der Waals surface area (Å²) < 4.78 is 6.81. The maximum Gasteiger partial charge on any atom is 0.328 e. The molecule has 8 heteroatoms. The summed E-state index contributed by atoms with van der Waals surface area (Å²) in [7, 11) is 1.71. The van der Waals surface area contributed by atoms with Gasteiger partial charge in [0, 0.05) is 43.5 Å². The lowest BCUT2D eigenvalue weighted by Gasteiger charge is -2.36. The van der Waals surface area contributed by atoms with Crippen molar-refractivity contribution in [2.45, 2.75) is 19.4 Å². The molecule has 29 heavy (non-hydrogen) atoms. The van der Waals surface area contributed by atoms with Crippen molar-refractivity contribution in [2.24, 2.45) is 0 Å². The zero-order valence-corrected chi connectivity index (χ0v) is 17.4. The third kappa shape index (κ3) is 4.23. The Bertz CT molecular complexity index is 1080. The number of aromatic nitrogens is 2. The highest BCUT2D eigenvalue weighted by molar-refractivity contribution is 7.09. The fourth-order valence-electron chi connectivity index (χ4n) is 3.89. The van der Waals surface area contributed by atoms with Gasteiger partial charge in [-0.15, -0.1) is 11.3 Å². The van der Waals surface area contributed by atoms with Gasteiger partial charge in [-0.3, -0.25) is 14.3 Å². The largest absolute Gasteiger partial charge is 0.495 e. The van der Waals surface area contributed by atoms with Crippen LogP contribution in [0.1, 0.15) is 12.8 Å². The fourth-order valence-corrected chi connectivity index (χ4v) is 4.65. The Morgan fingerprint density at radius 1 is 1.03 bits per heavy atom. The molecule has 3 heterocycles. The van der Waals surface area contributed by atoms with Crippen LogP contribution in [0.15, 0.2) is 44.6 Å². The molecular formula is C21H26N4O3S. The summed E-state index contributed by atoms with van der Waals surface area (Å²) in [4.78, 5) is 32.2. The van der Waals surface area contributed by atoms with Crippen LogP contribution in [0.25, 0.3) is 10.9 Å². The molecule has 0 amide bonds. The molecule has 3 aromatic rings. The van der Waals surface area contributed by atoms with Gasteiger partial charge in [0.05, 0.1) is 23.7 Å². The van der Waals surface area contributed by atoms with Crippen molar-refractivity contribution in [1.29, 1.82) is 0 Å². The van der Waals surface area contributed by atoms with Crippen LogP contribution >= 0.6 is 11.3 Å². The minimum Gasteiger partial charge on any atom is -0.495 e. The number of H-pyrrole nitrogens is 1. The number of ether oxygens (including phenoxy) is 1. The van der Waals surface area contributed by atoms with E-state index in [1.165, 1.54) is 15.9 Å². The van der Waals surface area contributed by atoms with Crippen LogP contribution in [0.2, 0.25) is 0 Å². The monoisotopic (exact) mass is 414 g/mol. The van der Waals surface area contributed by atoms with Gasteiger partial charge >= 0.3 is 5.69 Å². The van der Waals surface area contributed by atoms with Crippen molar-refractivity contribution in [3.05, 3.63) is 55.9 Å². The summed E-state index contributed by atoms with van der Waals surface area (Å²) in [6, 6.07) is 8.14. The quantitative estimate of drug-likeness (QED) is 0.601. The molecule has 154 valence electrons. The van der Waals surface area contributed by atoms with Gasteiger partial charge in [0.1, 0.15) is 5.75 Å². The maximum absolute atomic E-state index is 12.5. The second-order valence-corrected chi connectivity index (χ2v) is 8.04. The van der Waals surface area contributed by atoms with Crippen molar-refractivity contribution in [2.75, 3.05) is 44.7 Å². The zero-order valence-electron chi connectivity index (χ0n) is 16.6. The molecule has 0 radical (unpaired) electrons. The molecule has 0 aliphatic carbocycles. The van der Waals surface area contributed by atoms with Crippen LogP contribution in [0.3, 0.4) is 0 Å². The summed E-state index contributed by atoms with van der Waals surface area (Å²) in [5.74, 6) is 0.916. The first-order valence-electron chi connectivity index (χ1n) is 9.96. The molecule has 7 nitrogen and oxygen atoms in total. The average Bonchev–Trinajstić information content (AvgIpc) is 3.22. The lowest BCUT2D eigenvalue weighted by atomic mass is 10.2. The summed E-state index contributed by atoms with van der Waals surface area (Å²) in [6.07, 6.45) is 1.77. The van der Waals surface area contributed by atoms with Gasteiger partial charge in [-0.05, 0) is 31.5 Å². The average molecular weight is 415 g/mol. The molecule has 1 N–H and O–H groups in total. The standard InChI is InChI=1S/C21H26N4O3S/c1-28-19-7-3-2-6-18(19)24-12-10-23(11-13-24)8-4-5-9-25-20(26)16-14-29-15-17(16)22-21(25)27/h2-3,6-7,14-15H,4-5,8-13H2,1H3,(H,22,27). The van der Waals surface area contributed by atoms with Gasteiger partial charge in [-0.2, -0.15) is 0 Å². The van der Waals surface area contributed by atoms with Gasteiger partial charge < -0.3 is 14.6 Å². The summed E-state index contributed by atoms with van der Waals surface area (Å²) in [5, 5.41) is 4.19. The van der Waals surface area contributed by atoms with Gasteiger partial charge in [0.15, 0.2) is 0 Å². The highest BCUT2D eigenvalue weighted by Crippen LogP contribution is 2.28. The minimum absolute atomic E-state index is 0.185. The number of rotatable bonds is 7. The maximum atomic E-state index is 12.5. The second-order valence-electron chi connectivity index (χ2n) is 7.29. The first kappa shape index (κ1) is 19.7. The van der Waals surface area contributed by atoms with E-state index in [4.69, 9.17) is 4.74 Å². The van der Waals surface area contributed by atoms with Crippen molar-refractivity contribution < 1.29 is 4.74 Å². The number of para-hydroxylation sites is 2. The number of benzene rings is 1. The Morgan fingerprint density at radius 2 is 1.79 bits per heavy atom. The van der Waals surface area contributed by atoms with Crippen LogP contribution in [-0.4, -0.2) is 54.3 Å². The van der Waals surface area contributed by atoms with Gasteiger partial charge in [0.25, 0.3) is 5.56 Å². The molecule has 2 aromatic heterocycles. The number of hydrogen-bond donors (Lipinski definition) is 1. The number of nitrogens with zero attached hydrogens (tertiary/aromatic N) is 3. The molecule has 1 saturated heterocycles. The van der Waals surface area contributed by atoms with Crippen LogP contribution in [0.5, 0.6) is 5.75 Å². The van der Waals surface area contributed by atoms with Crippen LogP contribution in [0, 0.1) is 0 Å². The van der Waals surface area contributed by atoms with Crippen LogP contribution < -0.4 is 20.9 Å². The highest BCUT2D eigenvalue weighted by atomic mass is 32.1. The molecule has 4 rings (SSSR count). The van der Waals surface area contributed by atoms with Crippen molar-refractivity contribution in [3.63, 3.8) is 0 Å². The van der Waals surface area contributed by atoms with E-state index in [0.29, 0.717) is 17.4 Å². The van der Waals surface area contributed by atoms with Gasteiger partial charge in [-0.1, -0.05) is 12.1 Å². The van der Waals surface area contributed by atoms with Gasteiger partial charge in [0.2, 0.25) is 0 Å². The van der Waals surface area contributed by atoms with E-state index < -0.39 is 0 Å². The number of aromatic amines is 1. The molecule has 0 spiro atoms. The molecule has 0 atom stereocenters. The van der Waals surface area contributed by atoms with E-state index in [2.05, 4.69) is 20.9 Å². The Kier molecular flexibility index (Phi) is 6.01. The number of piperazine rings is 1. The van der Waals surface area contributed by atoms with E-state index in [1.54, 1.807) is 17.9 Å². The number of unbranched alkanes of at least 4 members (excludes halogenated alkanes) is 1. The second kappa shape index (κ2) is 8.84. The predicted molar refractivity (Wildman–Crippen MR) is 118 cm³/mol. The first-order chi connectivity index (χ1) is 14.2. The Hall–Kier alpha value is -2.58. The number of thiophene rings is 1. The normalized spacial score (nSPS) is 15.1. The summed E-state index contributed by atoms with van der Waals surface area (Å²) in [5.41, 5.74) is 1.29. The third-order valence-electron chi connectivity index (χ3n) is 5.53. The summed E-state index contributed by atoms with van der Waals surface area (Å²) in [6.45, 7) is 5.37. The minimum atomic E-state index is -0.314. The van der Waals surface area contributed by atoms with Gasteiger partial charge in [-0.25, -0.2) is 4.79 Å². The molecule has 0 bridgehead atoms. The third-order valence-corrected chi connectivity index (χ3v) is 6.27. The van der Waals surface area contributed by atoms with Crippen molar-refractivity contribution in [1.82, 2.24) is 14.5 Å². The Balaban J connectivity index is 1.26.